The largest absolute Gasteiger partial charge is 0.366 e. The maximum atomic E-state index is 15.5. The number of pyridine rings is 1. The molecule has 1 atom stereocenters. The van der Waals surface area contributed by atoms with E-state index in [0.29, 0.717) is 38.4 Å². The molecule has 4 heterocycles. The summed E-state index contributed by atoms with van der Waals surface area (Å²) in [6, 6.07) is 10.9. The first kappa shape index (κ1) is 30.4. The molecule has 4 aromatic heterocycles. The van der Waals surface area contributed by atoms with Gasteiger partial charge >= 0.3 is 6.55 Å². The van der Waals surface area contributed by atoms with E-state index in [1.807, 2.05) is 0 Å². The zero-order valence-corrected chi connectivity index (χ0v) is 24.4. The van der Waals surface area contributed by atoms with Crippen LogP contribution in [0.1, 0.15) is 34.3 Å². The topological polar surface area (TPSA) is 135 Å². The van der Waals surface area contributed by atoms with Crippen molar-refractivity contribution in [3.05, 3.63) is 113 Å². The van der Waals surface area contributed by atoms with E-state index in [0.717, 1.165) is 12.3 Å². The summed E-state index contributed by atoms with van der Waals surface area (Å²) in [6.07, 6.45) is 7.15. The lowest BCUT2D eigenvalue weighted by Gasteiger charge is -2.16. The van der Waals surface area contributed by atoms with Gasteiger partial charge in [-0.1, -0.05) is 17.7 Å². The van der Waals surface area contributed by atoms with Gasteiger partial charge in [0.25, 0.3) is 11.6 Å². The number of halogens is 5. The Kier molecular flexibility index (Phi) is 8.19. The minimum Gasteiger partial charge on any atom is -0.366 e. The average molecular weight is 654 g/mol. The second-order valence-corrected chi connectivity index (χ2v) is 10.3. The molecule has 2 N–H and O–H groups in total. The zero-order valence-electron chi connectivity index (χ0n) is 23.7. The Morgan fingerprint density at radius 1 is 1.07 bits per heavy atom. The molecule has 0 bridgehead atoms. The summed E-state index contributed by atoms with van der Waals surface area (Å²) in [5, 5.41) is 19.4. The van der Waals surface area contributed by atoms with Gasteiger partial charge < -0.3 is 5.73 Å². The van der Waals surface area contributed by atoms with E-state index in [1.54, 1.807) is 24.4 Å². The number of tetrazole rings is 1. The number of carbonyl (C=O) groups excluding carboxylic acids is 1. The van der Waals surface area contributed by atoms with Crippen molar-refractivity contribution in [2.75, 3.05) is 7.11 Å². The summed E-state index contributed by atoms with van der Waals surface area (Å²) >= 11 is 6.14. The van der Waals surface area contributed by atoms with Gasteiger partial charge in [-0.15, -0.1) is 5.10 Å². The zero-order chi connectivity index (χ0) is 32.5. The number of alkyl halides is 2. The second-order valence-electron chi connectivity index (χ2n) is 9.91. The molecule has 6 rings (SSSR count). The van der Waals surface area contributed by atoms with E-state index in [-0.39, 0.29) is 22.6 Å². The molecule has 0 spiro atoms. The summed E-state index contributed by atoms with van der Waals surface area (Å²) in [7, 11) is 1.39. The van der Waals surface area contributed by atoms with E-state index in [2.05, 4.69) is 25.7 Å². The van der Waals surface area contributed by atoms with Gasteiger partial charge in [0, 0.05) is 35.2 Å². The highest BCUT2D eigenvalue weighted by Gasteiger charge is 2.30. The number of rotatable bonds is 10. The maximum Gasteiger partial charge on any atom is 0.333 e. The van der Waals surface area contributed by atoms with Gasteiger partial charge in [0.1, 0.15) is 25.3 Å². The van der Waals surface area contributed by atoms with Crippen molar-refractivity contribution in [1.29, 1.82) is 0 Å². The van der Waals surface area contributed by atoms with Crippen LogP contribution in [-0.2, 0) is 6.42 Å². The second kappa shape index (κ2) is 12.4. The van der Waals surface area contributed by atoms with E-state index < -0.39 is 30.1 Å². The molecule has 0 saturated heterocycles. The van der Waals surface area contributed by atoms with E-state index >= 15 is 4.39 Å². The van der Waals surface area contributed by atoms with E-state index in [1.165, 1.54) is 64.2 Å². The van der Waals surface area contributed by atoms with Gasteiger partial charge in [-0.2, -0.15) is 23.7 Å². The third-order valence-corrected chi connectivity index (χ3v) is 7.49. The highest BCUT2D eigenvalue weighted by Crippen LogP contribution is 2.34. The lowest BCUT2D eigenvalue weighted by atomic mass is 10.0. The average Bonchev–Trinajstić information content (AvgIpc) is 3.83. The summed E-state index contributed by atoms with van der Waals surface area (Å²) in [4.78, 5) is 17.2. The van der Waals surface area contributed by atoms with Crippen LogP contribution in [0.15, 0.2) is 79.6 Å². The molecule has 0 aliphatic rings. The van der Waals surface area contributed by atoms with Crippen LogP contribution in [0, 0.1) is 11.6 Å². The number of amides is 1. The first-order valence-electron chi connectivity index (χ1n) is 13.4. The number of hydrogen-bond acceptors (Lipinski definition) is 7. The Labute approximate surface area is 262 Å². The van der Waals surface area contributed by atoms with Crippen LogP contribution in [0.4, 0.5) is 17.6 Å². The Bertz CT molecular complexity index is 2050. The van der Waals surface area contributed by atoms with Crippen LogP contribution < -0.4 is 15.3 Å². The summed E-state index contributed by atoms with van der Waals surface area (Å²) in [5.41, 5.74) is 7.40. The van der Waals surface area contributed by atoms with Crippen molar-refractivity contribution in [2.45, 2.75) is 19.0 Å². The fourth-order valence-electron chi connectivity index (χ4n) is 5.01. The van der Waals surface area contributed by atoms with Crippen molar-refractivity contribution in [3.63, 3.8) is 0 Å². The smallest absolute Gasteiger partial charge is 0.333 e. The van der Waals surface area contributed by atoms with E-state index in [9.17, 15) is 18.0 Å². The lowest BCUT2D eigenvalue weighted by Crippen LogP contribution is -2.46. The van der Waals surface area contributed by atoms with Crippen LogP contribution in [0.5, 0.6) is 0 Å². The number of primary amides is 1. The van der Waals surface area contributed by atoms with Crippen LogP contribution in [0.2, 0.25) is 5.02 Å². The molecule has 0 unspecified atom stereocenters. The normalized spacial score (nSPS) is 12.1. The molecule has 0 fully saturated rings. The Morgan fingerprint density at radius 2 is 1.87 bits per heavy atom. The van der Waals surface area contributed by atoms with Gasteiger partial charge in [0.15, 0.2) is 5.82 Å². The minimum absolute atomic E-state index is 0.0694. The summed E-state index contributed by atoms with van der Waals surface area (Å²) in [6.45, 7) is -2.84. The molecule has 0 radical (unpaired) electrons. The summed E-state index contributed by atoms with van der Waals surface area (Å²) < 4.78 is 61.4. The number of aromatic nitrogens is 9. The summed E-state index contributed by atoms with van der Waals surface area (Å²) in [5.74, 6) is -2.42. The quantitative estimate of drug-likeness (QED) is 0.174. The number of carbonyl (C=O) groups is 1. The predicted octanol–water partition coefficient (Wildman–Crippen LogP) is 3.99. The molecule has 1 amide bonds. The van der Waals surface area contributed by atoms with Crippen molar-refractivity contribution in [1.82, 2.24) is 39.8 Å². The third-order valence-electron chi connectivity index (χ3n) is 7.19. The third kappa shape index (κ3) is 5.77. The number of hydrogen-bond donors (Lipinski definition) is 1. The highest BCUT2D eigenvalue weighted by molar-refractivity contribution is 6.31. The highest BCUT2D eigenvalue weighted by atomic mass is 35.5. The lowest BCUT2D eigenvalue weighted by molar-refractivity contribution is -0.891. The predicted molar refractivity (Wildman–Crippen MR) is 154 cm³/mol. The SMILES string of the molecule is CO[n+]1cc(-c2c(-n3cnnn3)ccc(Cl)c2F)ccc1[C@H](Cc1ccn(C(F)F)n1)n1cc(-c2ccc(C(N)=O)c(F)c2)cn1. The van der Waals surface area contributed by atoms with Crippen molar-refractivity contribution in [3.8, 4) is 27.9 Å². The van der Waals surface area contributed by atoms with Gasteiger partial charge in [-0.25, -0.2) is 13.5 Å². The number of benzene rings is 2. The van der Waals surface area contributed by atoms with Gasteiger partial charge in [0.05, 0.1) is 39.3 Å². The number of nitrogens with zero attached hydrogens (tertiary/aromatic N) is 9. The van der Waals surface area contributed by atoms with Gasteiger partial charge in [-0.3, -0.25) is 14.3 Å². The first-order chi connectivity index (χ1) is 22.1. The van der Waals surface area contributed by atoms with Crippen molar-refractivity contribution >= 4 is 17.5 Å². The molecule has 2 aromatic carbocycles. The Morgan fingerprint density at radius 3 is 2.54 bits per heavy atom. The molecule has 17 heteroatoms. The van der Waals surface area contributed by atoms with Crippen LogP contribution in [-0.4, -0.2) is 52.8 Å². The molecule has 0 aliphatic carbocycles. The molecule has 46 heavy (non-hydrogen) atoms. The molecule has 0 aliphatic heterocycles. The van der Waals surface area contributed by atoms with Crippen LogP contribution in [0.25, 0.3) is 27.9 Å². The standard InChI is InChI=1S/C29H21ClF4N10O2/c1-46-44-14-17(26-24(43-15-36-39-40-43)7-5-21(30)27(26)32)3-6-23(44)25(11-19-8-9-41(38-19)29(33)34)42-13-18(12-37-42)16-2-4-20(28(35)45)22(31)10-16/h2-10,12-15,25,29H,11H2,1H3,(H-,35,45)/p+1/t25-/m0/s1. The van der Waals surface area contributed by atoms with Crippen LogP contribution >= 0.6 is 11.6 Å². The maximum absolute atomic E-state index is 15.5. The van der Waals surface area contributed by atoms with Crippen molar-refractivity contribution < 1.29 is 31.9 Å². The molecular formula is C29H22ClF4N10O2+. The molecule has 6 aromatic rings. The molecule has 12 nitrogen and oxygen atoms in total. The fraction of sp³-hybridized carbons (Fsp3) is 0.138. The van der Waals surface area contributed by atoms with Gasteiger partial charge in [-0.05, 0) is 52.4 Å². The minimum atomic E-state index is -2.84. The Balaban J connectivity index is 1.45. The van der Waals surface area contributed by atoms with Gasteiger partial charge in [0.2, 0.25) is 6.20 Å². The first-order valence-corrected chi connectivity index (χ1v) is 13.8. The fourth-order valence-corrected chi connectivity index (χ4v) is 5.17. The van der Waals surface area contributed by atoms with Crippen LogP contribution in [0.3, 0.4) is 0 Å². The molecule has 234 valence electrons. The molecular weight excluding hydrogens is 632 g/mol. The number of nitrogens with two attached hydrogens (primary N) is 1. The van der Waals surface area contributed by atoms with Crippen molar-refractivity contribution in [2.24, 2.45) is 5.73 Å². The monoisotopic (exact) mass is 653 g/mol. The Hall–Kier alpha value is -5.64. The van der Waals surface area contributed by atoms with E-state index in [4.69, 9.17) is 22.2 Å². The molecule has 0 saturated carbocycles.